The quantitative estimate of drug-likeness (QED) is 0.206. The summed E-state index contributed by atoms with van der Waals surface area (Å²) < 4.78 is 21.0. The molecule has 4 aromatic rings. The van der Waals surface area contributed by atoms with E-state index in [-0.39, 0.29) is 16.7 Å². The maximum atomic E-state index is 13.3. The van der Waals surface area contributed by atoms with Crippen LogP contribution in [0.2, 0.25) is 15.1 Å². The van der Waals surface area contributed by atoms with E-state index >= 15 is 0 Å². The monoisotopic (exact) mass is 585 g/mol. The Balaban J connectivity index is 1.38. The number of hydrogen-bond donors (Lipinski definition) is 1. The Bertz CT molecular complexity index is 1400. The van der Waals surface area contributed by atoms with Crippen molar-refractivity contribution in [2.45, 2.75) is 31.7 Å². The molecule has 1 N–H and O–H groups in total. The average Bonchev–Trinajstić information content (AvgIpc) is 3.46. The molecule has 7 nitrogen and oxygen atoms in total. The highest BCUT2D eigenvalue weighted by Crippen LogP contribution is 2.33. The van der Waals surface area contributed by atoms with Gasteiger partial charge in [-0.15, -0.1) is 21.5 Å². The maximum absolute atomic E-state index is 13.3. The number of thioether (sulfide) groups is 1. The summed E-state index contributed by atoms with van der Waals surface area (Å²) in [7, 11) is 0. The molecule has 36 heavy (non-hydrogen) atoms. The van der Waals surface area contributed by atoms with Crippen LogP contribution in [0.15, 0.2) is 46.9 Å². The molecule has 1 unspecified atom stereocenters. The molecule has 2 aromatic heterocycles. The van der Waals surface area contributed by atoms with E-state index in [1.54, 1.807) is 25.1 Å². The Labute approximate surface area is 230 Å². The van der Waals surface area contributed by atoms with Crippen LogP contribution in [0, 0.1) is 5.82 Å². The minimum absolute atomic E-state index is 0.105. The van der Waals surface area contributed by atoms with Gasteiger partial charge in [-0.1, -0.05) is 46.6 Å². The number of carbonyl (C=O) groups excluding carboxylic acids is 1. The summed E-state index contributed by atoms with van der Waals surface area (Å²) in [6, 6.07) is 9.08. The smallest absolute Gasteiger partial charge is 0.236 e. The molecule has 0 fully saturated rings. The summed E-state index contributed by atoms with van der Waals surface area (Å²) >= 11 is 20.8. The van der Waals surface area contributed by atoms with Gasteiger partial charge in [0.05, 0.1) is 21.5 Å². The van der Waals surface area contributed by atoms with Gasteiger partial charge in [-0.25, -0.2) is 9.37 Å². The summed E-state index contributed by atoms with van der Waals surface area (Å²) in [5, 5.41) is 15.3. The topological polar surface area (TPSA) is 81.9 Å². The van der Waals surface area contributed by atoms with E-state index in [2.05, 4.69) is 20.5 Å². The number of hydrogen-bond acceptors (Lipinski definition) is 7. The van der Waals surface area contributed by atoms with Gasteiger partial charge in [0.2, 0.25) is 5.91 Å². The van der Waals surface area contributed by atoms with Crippen LogP contribution >= 0.6 is 57.9 Å². The lowest BCUT2D eigenvalue weighted by molar-refractivity contribution is -0.113. The average molecular weight is 587 g/mol. The van der Waals surface area contributed by atoms with Crippen LogP contribution in [0.4, 0.5) is 9.52 Å². The van der Waals surface area contributed by atoms with Crippen molar-refractivity contribution in [1.29, 1.82) is 0 Å². The van der Waals surface area contributed by atoms with Crippen molar-refractivity contribution < 1.29 is 13.9 Å². The summed E-state index contributed by atoms with van der Waals surface area (Å²) in [6.45, 7) is 4.30. The van der Waals surface area contributed by atoms with Gasteiger partial charge in [0.15, 0.2) is 22.2 Å². The lowest BCUT2D eigenvalue weighted by Crippen LogP contribution is -2.15. The third-order valence-corrected chi connectivity index (χ3v) is 7.48. The van der Waals surface area contributed by atoms with Crippen LogP contribution in [-0.4, -0.2) is 31.4 Å². The number of benzene rings is 2. The van der Waals surface area contributed by atoms with E-state index in [0.717, 1.165) is 5.56 Å². The summed E-state index contributed by atoms with van der Waals surface area (Å²) in [5.41, 5.74) is 1.38. The number of ether oxygens (including phenoxy) is 1. The Hall–Kier alpha value is -2.37. The number of nitrogens with zero attached hydrogens (tertiary/aromatic N) is 4. The van der Waals surface area contributed by atoms with E-state index in [0.29, 0.717) is 44.1 Å². The Morgan fingerprint density at radius 2 is 2.00 bits per heavy atom. The predicted molar refractivity (Wildman–Crippen MR) is 143 cm³/mol. The lowest BCUT2D eigenvalue weighted by atomic mass is 10.2. The number of rotatable bonds is 9. The minimum Gasteiger partial charge on any atom is -0.481 e. The molecule has 1 atom stereocenters. The number of nitrogens with one attached hydrogen (secondary N) is 1. The second-order valence-electron chi connectivity index (χ2n) is 7.42. The Morgan fingerprint density at radius 3 is 2.72 bits per heavy atom. The number of amides is 1. The van der Waals surface area contributed by atoms with Gasteiger partial charge in [-0.05, 0) is 50.2 Å². The van der Waals surface area contributed by atoms with Crippen molar-refractivity contribution in [2.24, 2.45) is 0 Å². The van der Waals surface area contributed by atoms with Gasteiger partial charge in [-0.2, -0.15) is 0 Å². The number of thiazole rings is 1. The van der Waals surface area contributed by atoms with Crippen molar-refractivity contribution in [3.63, 3.8) is 0 Å². The lowest BCUT2D eigenvalue weighted by Gasteiger charge is -2.16. The van der Waals surface area contributed by atoms with Crippen LogP contribution in [-0.2, 0) is 11.3 Å². The Kier molecular flexibility index (Phi) is 8.74. The number of halogens is 4. The highest BCUT2D eigenvalue weighted by atomic mass is 35.5. The fraction of sp³-hybridized carbons (Fsp3) is 0.217. The van der Waals surface area contributed by atoms with Crippen molar-refractivity contribution in [1.82, 2.24) is 19.7 Å². The van der Waals surface area contributed by atoms with E-state index in [1.807, 2.05) is 16.9 Å². The molecule has 0 spiro atoms. The molecule has 188 valence electrons. The zero-order chi connectivity index (χ0) is 25.8. The molecule has 0 saturated heterocycles. The van der Waals surface area contributed by atoms with Crippen molar-refractivity contribution in [2.75, 3.05) is 11.1 Å². The van der Waals surface area contributed by atoms with Crippen molar-refractivity contribution >= 4 is 68.9 Å². The fourth-order valence-corrected chi connectivity index (χ4v) is 5.51. The van der Waals surface area contributed by atoms with Gasteiger partial charge >= 0.3 is 0 Å². The van der Waals surface area contributed by atoms with Gasteiger partial charge in [0.1, 0.15) is 11.6 Å². The zero-order valence-electron chi connectivity index (χ0n) is 19.0. The van der Waals surface area contributed by atoms with Crippen molar-refractivity contribution in [3.8, 4) is 17.0 Å². The molecule has 0 aliphatic rings. The van der Waals surface area contributed by atoms with E-state index in [4.69, 9.17) is 39.5 Å². The van der Waals surface area contributed by atoms with Gasteiger partial charge in [-0.3, -0.25) is 4.79 Å². The first-order valence-corrected chi connectivity index (χ1v) is 13.6. The first-order valence-electron chi connectivity index (χ1n) is 10.6. The molecule has 1 amide bonds. The van der Waals surface area contributed by atoms with E-state index in [1.165, 1.54) is 41.3 Å². The molecule has 0 aliphatic heterocycles. The summed E-state index contributed by atoms with van der Waals surface area (Å²) in [5.74, 6) is 0.320. The second kappa shape index (κ2) is 11.8. The maximum Gasteiger partial charge on any atom is 0.236 e. The van der Waals surface area contributed by atoms with E-state index < -0.39 is 11.9 Å². The second-order valence-corrected chi connectivity index (χ2v) is 10.5. The van der Waals surface area contributed by atoms with Crippen LogP contribution in [0.5, 0.6) is 5.75 Å². The molecule has 0 radical (unpaired) electrons. The molecule has 2 heterocycles. The predicted octanol–water partition coefficient (Wildman–Crippen LogP) is 7.39. The van der Waals surface area contributed by atoms with Crippen LogP contribution in [0.25, 0.3) is 11.3 Å². The van der Waals surface area contributed by atoms with Crippen LogP contribution in [0.1, 0.15) is 25.8 Å². The Morgan fingerprint density at radius 1 is 1.19 bits per heavy atom. The molecule has 4 rings (SSSR count). The number of aromatic nitrogens is 4. The standard InChI is InChI=1S/C23H19Cl3FN5O2S2/c1-3-32-21(12(2)34-19-7-5-14(27)9-17(19)26)30-31-23(32)36-11-20(33)29-22-28-18(10-35-22)15-6-4-13(24)8-16(15)25/h4-10,12H,3,11H2,1-2H3,(H,28,29,33). The van der Waals surface area contributed by atoms with Crippen LogP contribution < -0.4 is 10.1 Å². The highest BCUT2D eigenvalue weighted by molar-refractivity contribution is 7.99. The summed E-state index contributed by atoms with van der Waals surface area (Å²) in [4.78, 5) is 17.0. The SMILES string of the molecule is CCn1c(SCC(=O)Nc2nc(-c3ccc(Cl)cc3Cl)cs2)nnc1C(C)Oc1ccc(F)cc1Cl. The molecule has 0 bridgehead atoms. The van der Waals surface area contributed by atoms with E-state index in [9.17, 15) is 9.18 Å². The molecule has 0 saturated carbocycles. The largest absolute Gasteiger partial charge is 0.481 e. The van der Waals surface area contributed by atoms with Crippen LogP contribution in [0.3, 0.4) is 0 Å². The highest BCUT2D eigenvalue weighted by Gasteiger charge is 2.21. The van der Waals surface area contributed by atoms with Crippen molar-refractivity contribution in [3.05, 3.63) is 68.5 Å². The molecular formula is C23H19Cl3FN5O2S2. The normalized spacial score (nSPS) is 11.9. The fourth-order valence-electron chi connectivity index (χ4n) is 3.26. The van der Waals surface area contributed by atoms with Gasteiger partial charge < -0.3 is 14.6 Å². The summed E-state index contributed by atoms with van der Waals surface area (Å²) in [6.07, 6.45) is -0.503. The zero-order valence-corrected chi connectivity index (χ0v) is 22.9. The molecule has 13 heteroatoms. The minimum atomic E-state index is -0.503. The number of carbonyl (C=O) groups is 1. The first kappa shape index (κ1) is 26.7. The first-order chi connectivity index (χ1) is 17.2. The third-order valence-electron chi connectivity index (χ3n) is 4.91. The van der Waals surface area contributed by atoms with Gasteiger partial charge in [0, 0.05) is 22.5 Å². The molecule has 0 aliphatic carbocycles. The van der Waals surface area contributed by atoms with Gasteiger partial charge in [0.25, 0.3) is 0 Å². The molecule has 2 aromatic carbocycles. The number of anilines is 1. The third kappa shape index (κ3) is 6.30. The molecular weight excluding hydrogens is 568 g/mol.